The van der Waals surface area contributed by atoms with Crippen LogP contribution in [0.4, 0.5) is 0 Å². The van der Waals surface area contributed by atoms with E-state index in [9.17, 15) is 0 Å². The van der Waals surface area contributed by atoms with Gasteiger partial charge in [-0.15, -0.1) is 10.2 Å². The van der Waals surface area contributed by atoms with Crippen LogP contribution in [-0.4, -0.2) is 40.1 Å². The predicted octanol–water partition coefficient (Wildman–Crippen LogP) is 2.23. The Balaban J connectivity index is 1.53. The molecule has 4 rings (SSSR count). The molecule has 0 amide bonds. The van der Waals surface area contributed by atoms with E-state index < -0.39 is 5.60 Å². The van der Waals surface area contributed by atoms with E-state index in [4.69, 9.17) is 13.9 Å². The lowest BCUT2D eigenvalue weighted by Crippen LogP contribution is -2.29. The molecule has 2 aromatic heterocycles. The van der Waals surface area contributed by atoms with Crippen LogP contribution in [0, 0.1) is 6.92 Å². The van der Waals surface area contributed by atoms with Crippen molar-refractivity contribution in [2.75, 3.05) is 20.3 Å². The normalized spacial score (nSPS) is 20.9. The molecular formula is C17H20N4O3. The summed E-state index contributed by atoms with van der Waals surface area (Å²) in [6.07, 6.45) is 1.38. The van der Waals surface area contributed by atoms with Gasteiger partial charge in [0.1, 0.15) is 5.82 Å². The molecular weight excluding hydrogens is 308 g/mol. The molecule has 7 heteroatoms. The van der Waals surface area contributed by atoms with Gasteiger partial charge in [-0.1, -0.05) is 12.1 Å². The van der Waals surface area contributed by atoms with Gasteiger partial charge in [-0.3, -0.25) is 0 Å². The third-order valence-electron chi connectivity index (χ3n) is 4.63. The predicted molar refractivity (Wildman–Crippen MR) is 86.6 cm³/mol. The summed E-state index contributed by atoms with van der Waals surface area (Å²) in [6.45, 7) is 3.85. The highest BCUT2D eigenvalue weighted by atomic mass is 16.6. The summed E-state index contributed by atoms with van der Waals surface area (Å²) >= 11 is 0. The van der Waals surface area contributed by atoms with Crippen LogP contribution >= 0.6 is 0 Å². The molecule has 1 aliphatic rings. The third-order valence-corrected chi connectivity index (χ3v) is 4.63. The number of benzene rings is 1. The topological polar surface area (TPSA) is 75.2 Å². The van der Waals surface area contributed by atoms with Crippen LogP contribution in [-0.2, 0) is 28.0 Å². The van der Waals surface area contributed by atoms with Gasteiger partial charge in [-0.2, -0.15) is 0 Å². The smallest absolute Gasteiger partial charge is 0.250 e. The van der Waals surface area contributed by atoms with Crippen molar-refractivity contribution in [1.29, 1.82) is 0 Å². The van der Waals surface area contributed by atoms with Crippen molar-refractivity contribution in [2.24, 2.45) is 0 Å². The SMILES string of the molecule is COC1(c2nnc(CCn3c(C)nc4ccccc43)o2)CCOC1. The van der Waals surface area contributed by atoms with Crippen LogP contribution in [0.5, 0.6) is 0 Å². The number of hydrogen-bond acceptors (Lipinski definition) is 6. The lowest BCUT2D eigenvalue weighted by Gasteiger charge is -2.20. The Morgan fingerprint density at radius 1 is 1.29 bits per heavy atom. The standard InChI is InChI=1S/C17H20N4O3/c1-12-18-13-5-3-4-6-14(13)21(12)9-7-15-19-20-16(24-15)17(22-2)8-10-23-11-17/h3-6H,7-11H2,1-2H3. The lowest BCUT2D eigenvalue weighted by atomic mass is 10.0. The van der Waals surface area contributed by atoms with Crippen molar-refractivity contribution >= 4 is 11.0 Å². The fraction of sp³-hybridized carbons (Fsp3) is 0.471. The molecule has 7 nitrogen and oxygen atoms in total. The van der Waals surface area contributed by atoms with Gasteiger partial charge >= 0.3 is 0 Å². The van der Waals surface area contributed by atoms with Crippen LogP contribution in [0.25, 0.3) is 11.0 Å². The second-order valence-corrected chi connectivity index (χ2v) is 6.05. The van der Waals surface area contributed by atoms with Crippen LogP contribution in [0.1, 0.15) is 24.0 Å². The number of ether oxygens (including phenoxy) is 2. The van der Waals surface area contributed by atoms with Crippen molar-refractivity contribution in [3.05, 3.63) is 41.9 Å². The first kappa shape index (κ1) is 15.3. The molecule has 24 heavy (non-hydrogen) atoms. The highest BCUT2D eigenvalue weighted by Gasteiger charge is 2.42. The molecule has 0 saturated carbocycles. The second-order valence-electron chi connectivity index (χ2n) is 6.05. The summed E-state index contributed by atoms with van der Waals surface area (Å²) in [4.78, 5) is 4.58. The number of nitrogens with zero attached hydrogens (tertiary/aromatic N) is 4. The van der Waals surface area contributed by atoms with Crippen LogP contribution < -0.4 is 0 Å². The molecule has 0 radical (unpaired) electrons. The monoisotopic (exact) mass is 328 g/mol. The minimum absolute atomic E-state index is 0.455. The highest BCUT2D eigenvalue weighted by molar-refractivity contribution is 5.75. The summed E-state index contributed by atoms with van der Waals surface area (Å²) in [7, 11) is 1.65. The summed E-state index contributed by atoms with van der Waals surface area (Å²) in [5.41, 5.74) is 1.53. The number of aryl methyl sites for hydroxylation is 3. The Bertz CT molecular complexity index is 849. The third kappa shape index (κ3) is 2.50. The summed E-state index contributed by atoms with van der Waals surface area (Å²) in [5.74, 6) is 2.09. The van der Waals surface area contributed by atoms with Crippen molar-refractivity contribution in [2.45, 2.75) is 31.9 Å². The first-order chi connectivity index (χ1) is 11.7. The molecule has 1 atom stereocenters. The van der Waals surface area contributed by atoms with Gasteiger partial charge < -0.3 is 18.5 Å². The van der Waals surface area contributed by atoms with E-state index in [2.05, 4.69) is 25.8 Å². The van der Waals surface area contributed by atoms with E-state index >= 15 is 0 Å². The average Bonchev–Trinajstić information content (AvgIpc) is 3.31. The zero-order valence-corrected chi connectivity index (χ0v) is 13.9. The number of imidazole rings is 1. The number of methoxy groups -OCH3 is 1. The fourth-order valence-electron chi connectivity index (χ4n) is 3.19. The Hall–Kier alpha value is -2.25. The zero-order chi connectivity index (χ0) is 16.6. The van der Waals surface area contributed by atoms with E-state index in [0.29, 0.717) is 31.4 Å². The van der Waals surface area contributed by atoms with Crippen LogP contribution in [0.15, 0.2) is 28.7 Å². The largest absolute Gasteiger partial charge is 0.422 e. The van der Waals surface area contributed by atoms with Crippen LogP contribution in [0.2, 0.25) is 0 Å². The molecule has 1 aliphatic heterocycles. The highest BCUT2D eigenvalue weighted by Crippen LogP contribution is 2.33. The molecule has 126 valence electrons. The van der Waals surface area contributed by atoms with Crippen molar-refractivity contribution in [1.82, 2.24) is 19.7 Å². The fourth-order valence-corrected chi connectivity index (χ4v) is 3.19. The summed E-state index contributed by atoms with van der Waals surface area (Å²) < 4.78 is 19.0. The zero-order valence-electron chi connectivity index (χ0n) is 13.9. The van der Waals surface area contributed by atoms with E-state index in [1.54, 1.807) is 7.11 Å². The van der Waals surface area contributed by atoms with E-state index in [-0.39, 0.29) is 0 Å². The minimum Gasteiger partial charge on any atom is -0.422 e. The summed E-state index contributed by atoms with van der Waals surface area (Å²) in [6, 6.07) is 8.11. The van der Waals surface area contributed by atoms with Crippen molar-refractivity contribution in [3.63, 3.8) is 0 Å². The average molecular weight is 328 g/mol. The Labute approximate surface area is 139 Å². The van der Waals surface area contributed by atoms with Gasteiger partial charge in [-0.25, -0.2) is 4.98 Å². The van der Waals surface area contributed by atoms with Crippen molar-refractivity contribution in [3.8, 4) is 0 Å². The van der Waals surface area contributed by atoms with Crippen molar-refractivity contribution < 1.29 is 13.9 Å². The Morgan fingerprint density at radius 3 is 2.96 bits per heavy atom. The number of fused-ring (bicyclic) bond motifs is 1. The van der Waals surface area contributed by atoms with Gasteiger partial charge in [0.25, 0.3) is 5.89 Å². The van der Waals surface area contributed by atoms with Crippen LogP contribution in [0.3, 0.4) is 0 Å². The maximum atomic E-state index is 5.85. The first-order valence-corrected chi connectivity index (χ1v) is 8.09. The molecule has 1 unspecified atom stereocenters. The molecule has 0 spiro atoms. The van der Waals surface area contributed by atoms with Gasteiger partial charge in [0.05, 0.1) is 24.2 Å². The quantitative estimate of drug-likeness (QED) is 0.715. The molecule has 0 N–H and O–H groups in total. The second kappa shape index (κ2) is 5.99. The molecule has 1 aromatic carbocycles. The molecule has 3 heterocycles. The van der Waals surface area contributed by atoms with E-state index in [1.807, 2.05) is 25.1 Å². The molecule has 1 saturated heterocycles. The van der Waals surface area contributed by atoms with Gasteiger partial charge in [0, 0.05) is 26.5 Å². The Kier molecular flexibility index (Phi) is 3.82. The molecule has 3 aromatic rings. The number of aromatic nitrogens is 4. The van der Waals surface area contributed by atoms with Gasteiger partial charge in [-0.05, 0) is 19.1 Å². The first-order valence-electron chi connectivity index (χ1n) is 8.09. The maximum Gasteiger partial charge on any atom is 0.250 e. The number of rotatable bonds is 5. The lowest BCUT2D eigenvalue weighted by molar-refractivity contribution is -0.0416. The van der Waals surface area contributed by atoms with Gasteiger partial charge in [0.2, 0.25) is 5.89 Å². The van der Waals surface area contributed by atoms with E-state index in [1.165, 1.54) is 0 Å². The van der Waals surface area contributed by atoms with Gasteiger partial charge in [0.15, 0.2) is 5.60 Å². The summed E-state index contributed by atoms with van der Waals surface area (Å²) in [5, 5.41) is 8.36. The Morgan fingerprint density at radius 2 is 2.17 bits per heavy atom. The minimum atomic E-state index is -0.594. The molecule has 0 bridgehead atoms. The number of para-hydroxylation sites is 2. The number of hydrogen-bond donors (Lipinski definition) is 0. The molecule has 1 fully saturated rings. The maximum absolute atomic E-state index is 5.85. The molecule has 0 aliphatic carbocycles. The van der Waals surface area contributed by atoms with E-state index in [0.717, 1.165) is 29.8 Å².